The maximum atomic E-state index is 4.48. The standard InChI is InChI=1S/C15H18N4/c1-10-17-18-15(19(10)11-6-7-11)13-8-9-16-14-5-3-2-4-12(13)14/h2-5,11,13,16H,6-9H2,1H3. The van der Waals surface area contributed by atoms with E-state index in [1.165, 1.54) is 24.1 Å². The number of benzene rings is 1. The Morgan fingerprint density at radius 3 is 2.84 bits per heavy atom. The van der Waals surface area contributed by atoms with Gasteiger partial charge < -0.3 is 9.88 Å². The van der Waals surface area contributed by atoms with Crippen LogP contribution in [0.4, 0.5) is 5.69 Å². The summed E-state index contributed by atoms with van der Waals surface area (Å²) in [6.45, 7) is 3.08. The van der Waals surface area contributed by atoms with E-state index >= 15 is 0 Å². The van der Waals surface area contributed by atoms with Gasteiger partial charge in [0.1, 0.15) is 11.6 Å². The molecule has 1 aromatic carbocycles. The van der Waals surface area contributed by atoms with Gasteiger partial charge >= 0.3 is 0 Å². The summed E-state index contributed by atoms with van der Waals surface area (Å²) in [5.41, 5.74) is 2.62. The molecular formula is C15H18N4. The lowest BCUT2D eigenvalue weighted by molar-refractivity contribution is 0.595. The molecule has 1 fully saturated rings. The van der Waals surface area contributed by atoms with E-state index in [0.29, 0.717) is 12.0 Å². The number of rotatable bonds is 2. The highest BCUT2D eigenvalue weighted by Gasteiger charge is 2.33. The SMILES string of the molecule is Cc1nnc(C2CCNc3ccccc32)n1C1CC1. The number of hydrogen-bond donors (Lipinski definition) is 1. The van der Waals surface area contributed by atoms with Crippen LogP contribution in [0.25, 0.3) is 0 Å². The highest BCUT2D eigenvalue weighted by molar-refractivity contribution is 5.56. The molecule has 0 amide bonds. The van der Waals surface area contributed by atoms with E-state index in [0.717, 1.165) is 24.6 Å². The number of fused-ring (bicyclic) bond motifs is 1. The summed E-state index contributed by atoms with van der Waals surface area (Å²) in [4.78, 5) is 0. The van der Waals surface area contributed by atoms with Crippen LogP contribution < -0.4 is 5.32 Å². The molecule has 1 atom stereocenters. The van der Waals surface area contributed by atoms with Crippen LogP contribution in [-0.2, 0) is 0 Å². The highest BCUT2D eigenvalue weighted by atomic mass is 15.3. The molecule has 98 valence electrons. The van der Waals surface area contributed by atoms with E-state index in [-0.39, 0.29) is 0 Å². The Labute approximate surface area is 112 Å². The first-order chi connectivity index (χ1) is 9.34. The smallest absolute Gasteiger partial charge is 0.140 e. The van der Waals surface area contributed by atoms with Gasteiger partial charge in [-0.1, -0.05) is 18.2 Å². The molecule has 1 saturated carbocycles. The average Bonchev–Trinajstić information content (AvgIpc) is 3.21. The van der Waals surface area contributed by atoms with Crippen LogP contribution in [0, 0.1) is 6.92 Å². The quantitative estimate of drug-likeness (QED) is 0.896. The minimum atomic E-state index is 0.388. The van der Waals surface area contributed by atoms with Gasteiger partial charge in [0.25, 0.3) is 0 Å². The second kappa shape index (κ2) is 4.08. The third-order valence-corrected chi connectivity index (χ3v) is 4.20. The summed E-state index contributed by atoms with van der Waals surface area (Å²) in [6.07, 6.45) is 3.65. The maximum absolute atomic E-state index is 4.48. The number of hydrogen-bond acceptors (Lipinski definition) is 3. The topological polar surface area (TPSA) is 42.7 Å². The van der Waals surface area contributed by atoms with Crippen molar-refractivity contribution in [3.05, 3.63) is 41.5 Å². The molecule has 1 aliphatic carbocycles. The van der Waals surface area contributed by atoms with Gasteiger partial charge in [0.15, 0.2) is 0 Å². The van der Waals surface area contributed by atoms with Crippen molar-refractivity contribution in [1.82, 2.24) is 14.8 Å². The van der Waals surface area contributed by atoms with Crippen LogP contribution in [0.5, 0.6) is 0 Å². The van der Waals surface area contributed by atoms with E-state index in [1.54, 1.807) is 0 Å². The van der Waals surface area contributed by atoms with Crippen molar-refractivity contribution in [2.45, 2.75) is 38.1 Å². The van der Waals surface area contributed by atoms with Gasteiger partial charge in [-0.15, -0.1) is 10.2 Å². The van der Waals surface area contributed by atoms with E-state index in [1.807, 2.05) is 0 Å². The van der Waals surface area contributed by atoms with Gasteiger partial charge in [0.2, 0.25) is 0 Å². The number of para-hydroxylation sites is 1. The maximum Gasteiger partial charge on any atom is 0.140 e. The molecule has 2 heterocycles. The second-order valence-electron chi connectivity index (χ2n) is 5.56. The summed E-state index contributed by atoms with van der Waals surface area (Å²) in [6, 6.07) is 9.22. The van der Waals surface area contributed by atoms with Crippen LogP contribution >= 0.6 is 0 Å². The number of aryl methyl sites for hydroxylation is 1. The fourth-order valence-electron chi connectivity index (χ4n) is 3.14. The van der Waals surface area contributed by atoms with Crippen molar-refractivity contribution in [2.75, 3.05) is 11.9 Å². The lowest BCUT2D eigenvalue weighted by Gasteiger charge is -2.26. The minimum Gasteiger partial charge on any atom is -0.385 e. The first-order valence-electron chi connectivity index (χ1n) is 7.09. The molecular weight excluding hydrogens is 236 g/mol. The predicted octanol–water partition coefficient (Wildman–Crippen LogP) is 2.87. The third-order valence-electron chi connectivity index (χ3n) is 4.20. The third kappa shape index (κ3) is 1.74. The number of aromatic nitrogens is 3. The van der Waals surface area contributed by atoms with Crippen LogP contribution in [0.1, 0.15) is 48.4 Å². The lowest BCUT2D eigenvalue weighted by atomic mass is 9.90. The molecule has 1 unspecified atom stereocenters. The van der Waals surface area contributed by atoms with E-state index in [4.69, 9.17) is 0 Å². The summed E-state index contributed by atoms with van der Waals surface area (Å²) in [7, 11) is 0. The number of anilines is 1. The number of nitrogens with one attached hydrogen (secondary N) is 1. The largest absolute Gasteiger partial charge is 0.385 e. The second-order valence-corrected chi connectivity index (χ2v) is 5.56. The van der Waals surface area contributed by atoms with Gasteiger partial charge in [-0.05, 0) is 37.8 Å². The average molecular weight is 254 g/mol. The lowest BCUT2D eigenvalue weighted by Crippen LogP contribution is -2.20. The van der Waals surface area contributed by atoms with Crippen molar-refractivity contribution >= 4 is 5.69 Å². The molecule has 1 aliphatic heterocycles. The molecule has 2 aromatic rings. The zero-order chi connectivity index (χ0) is 12.8. The predicted molar refractivity (Wildman–Crippen MR) is 74.4 cm³/mol. The van der Waals surface area contributed by atoms with Crippen LogP contribution in [-0.4, -0.2) is 21.3 Å². The van der Waals surface area contributed by atoms with Gasteiger partial charge in [-0.2, -0.15) is 0 Å². The fourth-order valence-corrected chi connectivity index (χ4v) is 3.14. The summed E-state index contributed by atoms with van der Waals surface area (Å²) >= 11 is 0. The Morgan fingerprint density at radius 1 is 1.16 bits per heavy atom. The Bertz CT molecular complexity index is 612. The molecule has 2 aliphatic rings. The molecule has 4 rings (SSSR count). The monoisotopic (exact) mass is 254 g/mol. The van der Waals surface area contributed by atoms with Crippen molar-refractivity contribution in [1.29, 1.82) is 0 Å². The van der Waals surface area contributed by atoms with Crippen molar-refractivity contribution in [2.24, 2.45) is 0 Å². The molecule has 19 heavy (non-hydrogen) atoms. The van der Waals surface area contributed by atoms with Crippen molar-refractivity contribution < 1.29 is 0 Å². The molecule has 4 heteroatoms. The van der Waals surface area contributed by atoms with Crippen molar-refractivity contribution in [3.63, 3.8) is 0 Å². The zero-order valence-electron chi connectivity index (χ0n) is 11.1. The summed E-state index contributed by atoms with van der Waals surface area (Å²) in [5, 5.41) is 12.3. The zero-order valence-corrected chi connectivity index (χ0v) is 11.1. The van der Waals surface area contributed by atoms with E-state index < -0.39 is 0 Å². The Kier molecular flexibility index (Phi) is 2.37. The van der Waals surface area contributed by atoms with Crippen LogP contribution in [0.3, 0.4) is 0 Å². The Balaban J connectivity index is 1.81. The van der Waals surface area contributed by atoms with Crippen LogP contribution in [0.2, 0.25) is 0 Å². The van der Waals surface area contributed by atoms with Gasteiger partial charge in [0.05, 0.1) is 0 Å². The normalized spacial score (nSPS) is 21.8. The molecule has 4 nitrogen and oxygen atoms in total. The minimum absolute atomic E-state index is 0.388. The first-order valence-corrected chi connectivity index (χ1v) is 7.09. The van der Waals surface area contributed by atoms with E-state index in [2.05, 4.69) is 51.3 Å². The summed E-state index contributed by atoms with van der Waals surface area (Å²) in [5.74, 6) is 2.61. The highest BCUT2D eigenvalue weighted by Crippen LogP contribution is 2.41. The Morgan fingerprint density at radius 2 is 2.00 bits per heavy atom. The molecule has 1 N–H and O–H groups in total. The van der Waals surface area contributed by atoms with Gasteiger partial charge in [-0.25, -0.2) is 0 Å². The number of nitrogens with zero attached hydrogens (tertiary/aromatic N) is 3. The van der Waals surface area contributed by atoms with Gasteiger partial charge in [-0.3, -0.25) is 0 Å². The van der Waals surface area contributed by atoms with Crippen LogP contribution in [0.15, 0.2) is 24.3 Å². The van der Waals surface area contributed by atoms with Gasteiger partial charge in [0, 0.05) is 24.2 Å². The van der Waals surface area contributed by atoms with Crippen molar-refractivity contribution in [3.8, 4) is 0 Å². The summed E-state index contributed by atoms with van der Waals surface area (Å²) < 4.78 is 2.37. The first kappa shape index (κ1) is 11.0. The molecule has 0 saturated heterocycles. The molecule has 0 spiro atoms. The molecule has 0 bridgehead atoms. The molecule has 1 aromatic heterocycles. The Hall–Kier alpha value is -1.84. The molecule has 0 radical (unpaired) electrons. The fraction of sp³-hybridized carbons (Fsp3) is 0.467. The van der Waals surface area contributed by atoms with E-state index in [9.17, 15) is 0 Å².